The highest BCUT2D eigenvalue weighted by Gasteiger charge is 2.31. The summed E-state index contributed by atoms with van der Waals surface area (Å²) in [6, 6.07) is 16.2. The van der Waals surface area contributed by atoms with Crippen LogP contribution in [0.2, 0.25) is 0 Å². The van der Waals surface area contributed by atoms with Gasteiger partial charge in [-0.05, 0) is 24.3 Å². The summed E-state index contributed by atoms with van der Waals surface area (Å²) in [5, 5.41) is 1.77. The predicted molar refractivity (Wildman–Crippen MR) is 151 cm³/mol. The zero-order chi connectivity index (χ0) is 24.8. The molecule has 0 saturated heterocycles. The molecule has 0 N–H and O–H groups in total. The summed E-state index contributed by atoms with van der Waals surface area (Å²) in [6.07, 6.45) is 0. The highest BCUT2D eigenvalue weighted by molar-refractivity contribution is 7.31. The number of nitrogens with zero attached hydrogens (tertiary/aromatic N) is 2. The molecule has 0 fully saturated rings. The van der Waals surface area contributed by atoms with Gasteiger partial charge in [-0.15, -0.1) is 45.3 Å². The first kappa shape index (κ1) is 23.2. The molecule has 4 heterocycles. The van der Waals surface area contributed by atoms with E-state index in [1.165, 1.54) is 0 Å². The Bertz CT molecular complexity index is 1520. The molecule has 6 rings (SSSR count). The number of aromatic nitrogens is 2. The zero-order valence-corrected chi connectivity index (χ0v) is 23.0. The van der Waals surface area contributed by atoms with Crippen LogP contribution in [0, 0.1) is 0 Å². The summed E-state index contributed by atoms with van der Waals surface area (Å²) in [5.41, 5.74) is 1.92. The molecule has 0 amide bonds. The van der Waals surface area contributed by atoms with Crippen LogP contribution in [0.15, 0.2) is 48.5 Å². The van der Waals surface area contributed by atoms with Gasteiger partial charge in [-0.2, -0.15) is 0 Å². The number of fused-ring (bicyclic) bond motifs is 2. The van der Waals surface area contributed by atoms with Gasteiger partial charge in [-0.25, -0.2) is 9.97 Å². The van der Waals surface area contributed by atoms with Gasteiger partial charge in [0.15, 0.2) is 23.0 Å². The van der Waals surface area contributed by atoms with Crippen LogP contribution in [-0.2, 0) is 0 Å². The molecule has 0 atom stereocenters. The average molecular weight is 553 g/mol. The van der Waals surface area contributed by atoms with Gasteiger partial charge in [-0.3, -0.25) is 0 Å². The molecule has 0 saturated carbocycles. The van der Waals surface area contributed by atoms with Crippen molar-refractivity contribution in [2.45, 2.75) is 0 Å². The van der Waals surface area contributed by atoms with Gasteiger partial charge in [0.2, 0.25) is 0 Å². The molecule has 6 nitrogen and oxygen atoms in total. The van der Waals surface area contributed by atoms with Gasteiger partial charge >= 0.3 is 0 Å². The molecule has 4 aromatic heterocycles. The minimum absolute atomic E-state index is 0.648. The van der Waals surface area contributed by atoms with Crippen molar-refractivity contribution < 1.29 is 18.9 Å². The van der Waals surface area contributed by atoms with Crippen molar-refractivity contribution in [1.29, 1.82) is 0 Å². The lowest BCUT2D eigenvalue weighted by atomic mass is 10.2. The number of rotatable bonds is 7. The summed E-state index contributed by atoms with van der Waals surface area (Å²) < 4.78 is 25.7. The Kier molecular flexibility index (Phi) is 6.04. The third kappa shape index (κ3) is 3.64. The fourth-order valence-corrected chi connectivity index (χ4v) is 8.74. The second-order valence-electron chi connectivity index (χ2n) is 7.63. The highest BCUT2D eigenvalue weighted by Crippen LogP contribution is 2.60. The van der Waals surface area contributed by atoms with Gasteiger partial charge < -0.3 is 18.9 Å². The van der Waals surface area contributed by atoms with Crippen LogP contribution in [0.3, 0.4) is 0 Å². The molecule has 0 aliphatic rings. The monoisotopic (exact) mass is 552 g/mol. The predicted octanol–water partition coefficient (Wildman–Crippen LogP) is 8.06. The van der Waals surface area contributed by atoms with Crippen molar-refractivity contribution in [2.75, 3.05) is 28.4 Å². The molecule has 0 radical (unpaired) electrons. The van der Waals surface area contributed by atoms with Crippen molar-refractivity contribution in [3.63, 3.8) is 0 Å². The Labute approximate surface area is 223 Å². The fraction of sp³-hybridized carbons (Fsp3) is 0.154. The zero-order valence-electron chi connectivity index (χ0n) is 19.8. The first-order valence-corrected chi connectivity index (χ1v) is 14.1. The number of benzene rings is 2. The van der Waals surface area contributed by atoms with E-state index in [2.05, 4.69) is 12.1 Å². The van der Waals surface area contributed by atoms with E-state index in [9.17, 15) is 0 Å². The lowest BCUT2D eigenvalue weighted by molar-refractivity contribution is 0.356. The molecule has 36 heavy (non-hydrogen) atoms. The SMILES string of the molecule is COc1c(-c2nc3ccccc3s2)sc(-c2sc(-c3nc4ccccc4s3)c(OC)c2OC)c1OC. The van der Waals surface area contributed by atoms with Crippen LogP contribution in [0.5, 0.6) is 23.0 Å². The topological polar surface area (TPSA) is 62.7 Å². The second kappa shape index (κ2) is 9.36. The van der Waals surface area contributed by atoms with Gasteiger partial charge in [0.1, 0.15) is 19.8 Å². The van der Waals surface area contributed by atoms with Crippen molar-refractivity contribution in [2.24, 2.45) is 0 Å². The van der Waals surface area contributed by atoms with Crippen LogP contribution in [0.1, 0.15) is 0 Å². The Morgan fingerprint density at radius 1 is 0.472 bits per heavy atom. The lowest BCUT2D eigenvalue weighted by Crippen LogP contribution is -1.91. The molecule has 182 valence electrons. The normalized spacial score (nSPS) is 11.3. The molecule has 0 aliphatic heterocycles. The number of methoxy groups -OCH3 is 4. The van der Waals surface area contributed by atoms with Crippen LogP contribution in [0.4, 0.5) is 0 Å². The molecule has 6 aromatic rings. The highest BCUT2D eigenvalue weighted by atomic mass is 32.1. The fourth-order valence-electron chi connectivity index (χ4n) is 4.06. The van der Waals surface area contributed by atoms with E-state index in [-0.39, 0.29) is 0 Å². The molecule has 0 bridgehead atoms. The van der Waals surface area contributed by atoms with Gasteiger partial charge in [0.25, 0.3) is 0 Å². The Balaban J connectivity index is 1.56. The van der Waals surface area contributed by atoms with Gasteiger partial charge in [0.05, 0.1) is 58.6 Å². The maximum absolute atomic E-state index is 5.89. The lowest BCUT2D eigenvalue weighted by Gasteiger charge is -2.07. The number of ether oxygens (including phenoxy) is 4. The average Bonchev–Trinajstić information content (AvgIpc) is 3.68. The minimum Gasteiger partial charge on any atom is -0.491 e. The summed E-state index contributed by atoms with van der Waals surface area (Å²) in [4.78, 5) is 13.4. The summed E-state index contributed by atoms with van der Waals surface area (Å²) in [6.45, 7) is 0. The van der Waals surface area contributed by atoms with E-state index in [0.717, 1.165) is 50.0 Å². The quantitative estimate of drug-likeness (QED) is 0.200. The van der Waals surface area contributed by atoms with Crippen molar-refractivity contribution >= 4 is 65.8 Å². The first-order chi connectivity index (χ1) is 17.7. The molecule has 0 spiro atoms. The minimum atomic E-state index is 0.648. The van der Waals surface area contributed by atoms with E-state index in [4.69, 9.17) is 28.9 Å². The van der Waals surface area contributed by atoms with Crippen molar-refractivity contribution in [3.05, 3.63) is 48.5 Å². The van der Waals surface area contributed by atoms with E-state index < -0.39 is 0 Å². The smallest absolute Gasteiger partial charge is 0.182 e. The molecule has 2 aromatic carbocycles. The third-order valence-corrected chi connectivity index (χ3v) is 10.5. The van der Waals surface area contributed by atoms with E-state index >= 15 is 0 Å². The second-order valence-corrected chi connectivity index (χ2v) is 11.7. The van der Waals surface area contributed by atoms with E-state index in [0.29, 0.717) is 23.0 Å². The molecule has 0 aliphatic carbocycles. The van der Waals surface area contributed by atoms with Crippen LogP contribution >= 0.6 is 45.3 Å². The van der Waals surface area contributed by atoms with Crippen molar-refractivity contribution in [3.8, 4) is 52.5 Å². The first-order valence-electron chi connectivity index (χ1n) is 10.9. The van der Waals surface area contributed by atoms with Crippen molar-refractivity contribution in [1.82, 2.24) is 9.97 Å². The van der Waals surface area contributed by atoms with Gasteiger partial charge in [-0.1, -0.05) is 24.3 Å². The van der Waals surface area contributed by atoms with Gasteiger partial charge in [0, 0.05) is 0 Å². The number of hydrogen-bond donors (Lipinski definition) is 0. The number of thiophene rings is 2. The van der Waals surface area contributed by atoms with E-state index in [1.807, 2.05) is 36.4 Å². The summed E-state index contributed by atoms with van der Waals surface area (Å²) in [7, 11) is 6.62. The van der Waals surface area contributed by atoms with Crippen LogP contribution in [0.25, 0.3) is 50.0 Å². The Hall–Kier alpha value is -3.18. The maximum Gasteiger partial charge on any atom is 0.182 e. The molecule has 0 unspecified atom stereocenters. The number of hydrogen-bond acceptors (Lipinski definition) is 10. The third-order valence-electron chi connectivity index (χ3n) is 5.64. The number of thiazole rings is 2. The Morgan fingerprint density at radius 3 is 1.19 bits per heavy atom. The summed E-state index contributed by atoms with van der Waals surface area (Å²) >= 11 is 6.41. The molecule has 10 heteroatoms. The molecular weight excluding hydrogens is 533 g/mol. The largest absolute Gasteiger partial charge is 0.491 e. The number of para-hydroxylation sites is 2. The van der Waals surface area contributed by atoms with E-state index in [1.54, 1.807) is 73.8 Å². The van der Waals surface area contributed by atoms with Crippen LogP contribution in [-0.4, -0.2) is 38.4 Å². The Morgan fingerprint density at radius 2 is 0.833 bits per heavy atom. The summed E-state index contributed by atoms with van der Waals surface area (Å²) in [5.74, 6) is 2.62. The standard InChI is InChI=1S/C26H20N2O4S4/c1-29-17-19(31-3)23(25-27-13-9-5-7-11-15(13)33-25)35-21(17)22-18(30-2)20(32-4)24(36-22)26-28-14-10-6-8-12-16(14)34-26/h5-12H,1-4H3. The maximum atomic E-state index is 5.89. The van der Waals surface area contributed by atoms with Crippen LogP contribution < -0.4 is 18.9 Å². The molecular formula is C26H20N2O4S4.